The van der Waals surface area contributed by atoms with Crippen molar-refractivity contribution in [1.82, 2.24) is 4.98 Å². The molecule has 0 aliphatic carbocycles. The molecule has 200 valence electrons. The first-order valence-corrected chi connectivity index (χ1v) is 15.4. The van der Waals surface area contributed by atoms with E-state index in [1.165, 1.54) is 54.7 Å². The fourth-order valence-corrected chi connectivity index (χ4v) is 3.72. The Kier molecular flexibility index (Phi) is 9.49. The van der Waals surface area contributed by atoms with Gasteiger partial charge in [-0.05, 0) is 48.5 Å². The Hall–Kier alpha value is -4.32. The summed E-state index contributed by atoms with van der Waals surface area (Å²) < 4.78 is 38.3. The lowest BCUT2D eigenvalue weighted by Crippen LogP contribution is -2.24. The van der Waals surface area contributed by atoms with E-state index in [9.17, 15) is 23.2 Å². The van der Waals surface area contributed by atoms with Gasteiger partial charge in [0.1, 0.15) is 35.4 Å². The minimum absolute atomic E-state index is 0.129. The van der Waals surface area contributed by atoms with E-state index in [1.54, 1.807) is 0 Å². The Balaban J connectivity index is 1.52. The van der Waals surface area contributed by atoms with Crippen LogP contribution in [0.2, 0.25) is 25.7 Å². The number of carbonyl (C=O) groups is 3. The molecule has 0 aliphatic heterocycles. The monoisotopic (exact) mass is 542 g/mol. The number of nitrogens with zero attached hydrogens (tertiary/aromatic N) is 1. The fourth-order valence-electron chi connectivity index (χ4n) is 3.01. The number of rotatable bonds is 10. The Bertz CT molecular complexity index is 1300. The minimum Gasteiger partial charge on any atom is -0.457 e. The number of carbonyl (C=O) groups excluding carboxylic acids is 3. The molecular weight excluding hydrogens is 514 g/mol. The Labute approximate surface area is 219 Å². The molecule has 3 aromatic rings. The summed E-state index contributed by atoms with van der Waals surface area (Å²) in [4.78, 5) is 40.2. The van der Waals surface area contributed by atoms with Crippen LogP contribution in [0.3, 0.4) is 0 Å². The number of pyridine rings is 1. The third-order valence-electron chi connectivity index (χ3n) is 4.95. The lowest BCUT2D eigenvalue weighted by atomic mass is 10.2. The molecule has 0 radical (unpaired) electrons. The third-order valence-corrected chi connectivity index (χ3v) is 6.65. The summed E-state index contributed by atoms with van der Waals surface area (Å²) in [5, 5.41) is 7.30. The lowest BCUT2D eigenvalue weighted by Gasteiger charge is -2.15. The van der Waals surface area contributed by atoms with Gasteiger partial charge in [-0.1, -0.05) is 19.6 Å². The zero-order valence-electron chi connectivity index (χ0n) is 21.1. The molecular formula is C26H28F2N4O5Si. The zero-order chi connectivity index (χ0) is 27.7. The molecule has 0 atom stereocenters. The number of hydrogen-bond acceptors (Lipinski definition) is 6. The van der Waals surface area contributed by atoms with E-state index in [2.05, 4.69) is 40.6 Å². The highest BCUT2D eigenvalue weighted by Gasteiger charge is 2.15. The molecule has 1 heterocycles. The molecule has 0 saturated carbocycles. The fraction of sp³-hybridized carbons (Fsp3) is 0.231. The Morgan fingerprint density at radius 1 is 0.868 bits per heavy atom. The van der Waals surface area contributed by atoms with Crippen molar-refractivity contribution in [1.29, 1.82) is 0 Å². The largest absolute Gasteiger partial charge is 0.457 e. The van der Waals surface area contributed by atoms with Gasteiger partial charge in [0.15, 0.2) is 0 Å². The van der Waals surface area contributed by atoms with Crippen LogP contribution in [-0.2, 0) is 14.3 Å². The predicted octanol–water partition coefficient (Wildman–Crippen LogP) is 6.01. The molecule has 1 aromatic heterocycles. The molecule has 12 heteroatoms. The van der Waals surface area contributed by atoms with Crippen molar-refractivity contribution in [2.45, 2.75) is 32.1 Å². The Morgan fingerprint density at radius 3 is 2.24 bits per heavy atom. The van der Waals surface area contributed by atoms with E-state index in [0.29, 0.717) is 12.3 Å². The van der Waals surface area contributed by atoms with Crippen LogP contribution >= 0.6 is 0 Å². The summed E-state index contributed by atoms with van der Waals surface area (Å²) in [6.07, 6.45) is 0.211. The average Bonchev–Trinajstić information content (AvgIpc) is 2.81. The van der Waals surface area contributed by atoms with Crippen LogP contribution in [0, 0.1) is 11.6 Å². The molecule has 3 amide bonds. The van der Waals surface area contributed by atoms with Gasteiger partial charge in [0, 0.05) is 32.1 Å². The minimum atomic E-state index is -1.33. The summed E-state index contributed by atoms with van der Waals surface area (Å²) in [7, 11) is -1.33. The summed E-state index contributed by atoms with van der Waals surface area (Å²) in [5.74, 6) is -2.01. The van der Waals surface area contributed by atoms with Crippen LogP contribution < -0.4 is 20.7 Å². The number of anilines is 3. The van der Waals surface area contributed by atoms with Gasteiger partial charge in [0.2, 0.25) is 11.8 Å². The maximum absolute atomic E-state index is 14.6. The van der Waals surface area contributed by atoms with Crippen LogP contribution in [0.25, 0.3) is 0 Å². The molecule has 9 nitrogen and oxygen atoms in total. The van der Waals surface area contributed by atoms with E-state index >= 15 is 0 Å². The maximum Gasteiger partial charge on any atom is 0.412 e. The highest BCUT2D eigenvalue weighted by atomic mass is 28.3. The van der Waals surface area contributed by atoms with Gasteiger partial charge >= 0.3 is 6.09 Å². The molecule has 0 bridgehead atoms. The van der Waals surface area contributed by atoms with Crippen molar-refractivity contribution >= 4 is 43.2 Å². The van der Waals surface area contributed by atoms with Gasteiger partial charge in [0.25, 0.3) is 0 Å². The predicted molar refractivity (Wildman–Crippen MR) is 142 cm³/mol. The molecule has 0 aliphatic rings. The standard InChI is InChI=1S/C26H28F2N4O5Si/c1-38(2,3)13-12-36-26(35)32-23-15-20(10-11-29-23)37-19-8-9-22(21(28)14-19)31-25(34)16-24(33)30-18-6-4-17(27)5-7-18/h4-11,14-15H,12-13,16H2,1-3H3,(H,30,33)(H,31,34)(H,29,32,35). The van der Waals surface area contributed by atoms with E-state index in [4.69, 9.17) is 9.47 Å². The number of ether oxygens (including phenoxy) is 2. The Morgan fingerprint density at radius 2 is 1.55 bits per heavy atom. The lowest BCUT2D eigenvalue weighted by molar-refractivity contribution is -0.123. The van der Waals surface area contributed by atoms with Gasteiger partial charge in [0.05, 0.1) is 12.3 Å². The van der Waals surface area contributed by atoms with Crippen LogP contribution in [0.1, 0.15) is 6.42 Å². The molecule has 38 heavy (non-hydrogen) atoms. The normalized spacial score (nSPS) is 10.9. The van der Waals surface area contributed by atoms with Crippen molar-refractivity contribution in [3.8, 4) is 11.5 Å². The number of hydrogen-bond donors (Lipinski definition) is 3. The number of aromatic nitrogens is 1. The molecule has 3 N–H and O–H groups in total. The van der Waals surface area contributed by atoms with E-state index in [-0.39, 0.29) is 23.0 Å². The average molecular weight is 543 g/mol. The first-order chi connectivity index (χ1) is 18.0. The van der Waals surface area contributed by atoms with Gasteiger partial charge in [-0.25, -0.2) is 18.6 Å². The van der Waals surface area contributed by atoms with E-state index in [0.717, 1.165) is 12.1 Å². The second kappa shape index (κ2) is 12.8. The van der Waals surface area contributed by atoms with Crippen LogP contribution in [-0.4, -0.2) is 37.6 Å². The van der Waals surface area contributed by atoms with Crippen molar-refractivity contribution in [2.24, 2.45) is 0 Å². The highest BCUT2D eigenvalue weighted by Crippen LogP contribution is 2.27. The number of nitrogens with one attached hydrogen (secondary N) is 3. The summed E-state index contributed by atoms with van der Waals surface area (Å²) in [5.41, 5.74) is 0.181. The number of halogens is 2. The quantitative estimate of drug-likeness (QED) is 0.213. The van der Waals surface area contributed by atoms with Crippen molar-refractivity contribution in [3.05, 3.63) is 72.4 Å². The van der Waals surface area contributed by atoms with Crippen LogP contribution in [0.5, 0.6) is 11.5 Å². The van der Waals surface area contributed by atoms with Crippen LogP contribution in [0.4, 0.5) is 30.8 Å². The third kappa shape index (κ3) is 9.62. The molecule has 3 rings (SSSR count). The van der Waals surface area contributed by atoms with Gasteiger partial charge in [-0.2, -0.15) is 0 Å². The smallest absolute Gasteiger partial charge is 0.412 e. The topological polar surface area (TPSA) is 119 Å². The van der Waals surface area contributed by atoms with Gasteiger partial charge in [-0.3, -0.25) is 14.9 Å². The number of benzene rings is 2. The second-order valence-electron chi connectivity index (χ2n) is 9.47. The van der Waals surface area contributed by atoms with E-state index in [1.807, 2.05) is 0 Å². The van der Waals surface area contributed by atoms with Crippen molar-refractivity contribution < 1.29 is 32.6 Å². The summed E-state index contributed by atoms with van der Waals surface area (Å²) in [6, 6.07) is 12.6. The molecule has 0 spiro atoms. The van der Waals surface area contributed by atoms with Gasteiger partial charge < -0.3 is 20.1 Å². The summed E-state index contributed by atoms with van der Waals surface area (Å²) in [6.45, 7) is 6.85. The molecule has 2 aromatic carbocycles. The highest BCUT2D eigenvalue weighted by molar-refractivity contribution is 6.76. The second-order valence-corrected chi connectivity index (χ2v) is 15.1. The van der Waals surface area contributed by atoms with E-state index < -0.39 is 44.0 Å². The zero-order valence-corrected chi connectivity index (χ0v) is 22.1. The van der Waals surface area contributed by atoms with Crippen molar-refractivity contribution in [3.63, 3.8) is 0 Å². The molecule has 0 fully saturated rings. The molecule has 0 unspecified atom stereocenters. The van der Waals surface area contributed by atoms with Crippen molar-refractivity contribution in [2.75, 3.05) is 22.6 Å². The maximum atomic E-state index is 14.6. The SMILES string of the molecule is C[Si](C)(C)CCOC(=O)Nc1cc(Oc2ccc(NC(=O)CC(=O)Nc3ccc(F)cc3)c(F)c2)ccn1. The molecule has 0 saturated heterocycles. The first kappa shape index (κ1) is 28.3. The first-order valence-electron chi connectivity index (χ1n) is 11.7. The van der Waals surface area contributed by atoms with Crippen LogP contribution in [0.15, 0.2) is 60.8 Å². The summed E-state index contributed by atoms with van der Waals surface area (Å²) >= 11 is 0. The number of amides is 3. The van der Waals surface area contributed by atoms with Gasteiger partial charge in [-0.15, -0.1) is 0 Å².